The van der Waals surface area contributed by atoms with Gasteiger partial charge in [0.05, 0.1) is 20.3 Å². The molecule has 6 nitrogen and oxygen atoms in total. The average molecular weight is 310 g/mol. The standard InChI is InChI=1S/C16H22O6/c1-4-21-13(18)16(14(19)22-5-2)9-11-8-15(11,10-16)7-6-12(17)20-3/h6-7,11H,4-5,8-10H2,1-3H3. The highest BCUT2D eigenvalue weighted by Gasteiger charge is 2.70. The predicted octanol–water partition coefficient (Wildman–Crippen LogP) is 1.63. The topological polar surface area (TPSA) is 78.9 Å². The molecule has 2 aliphatic carbocycles. The number of methoxy groups -OCH3 is 1. The van der Waals surface area contributed by atoms with Crippen LogP contribution in [0.15, 0.2) is 12.2 Å². The van der Waals surface area contributed by atoms with Crippen molar-refractivity contribution in [1.82, 2.24) is 0 Å². The lowest BCUT2D eigenvalue weighted by molar-refractivity contribution is -0.172. The molecule has 2 saturated carbocycles. The van der Waals surface area contributed by atoms with Gasteiger partial charge in [0.15, 0.2) is 5.41 Å². The van der Waals surface area contributed by atoms with Crippen molar-refractivity contribution in [1.29, 1.82) is 0 Å². The van der Waals surface area contributed by atoms with Crippen LogP contribution in [-0.2, 0) is 28.6 Å². The van der Waals surface area contributed by atoms with Crippen LogP contribution in [-0.4, -0.2) is 38.2 Å². The zero-order valence-corrected chi connectivity index (χ0v) is 13.2. The Balaban J connectivity index is 2.20. The first-order valence-electron chi connectivity index (χ1n) is 7.55. The van der Waals surface area contributed by atoms with E-state index >= 15 is 0 Å². The zero-order valence-electron chi connectivity index (χ0n) is 13.2. The lowest BCUT2D eigenvalue weighted by atomic mass is 9.80. The number of carbonyl (C=O) groups excluding carboxylic acids is 3. The highest BCUT2D eigenvalue weighted by atomic mass is 16.6. The van der Waals surface area contributed by atoms with E-state index in [1.165, 1.54) is 13.2 Å². The molecule has 0 aromatic heterocycles. The van der Waals surface area contributed by atoms with Gasteiger partial charge in [-0.2, -0.15) is 0 Å². The van der Waals surface area contributed by atoms with E-state index < -0.39 is 23.3 Å². The summed E-state index contributed by atoms with van der Waals surface area (Å²) in [5.74, 6) is -1.29. The SMILES string of the molecule is CCOC(=O)C1(C(=O)OCC)CC2CC2(C=CC(=O)OC)C1. The van der Waals surface area contributed by atoms with Gasteiger partial charge in [-0.25, -0.2) is 4.79 Å². The Labute approximate surface area is 129 Å². The molecular formula is C16H22O6. The number of hydrogen-bond donors (Lipinski definition) is 0. The first kappa shape index (κ1) is 16.5. The van der Waals surface area contributed by atoms with Crippen LogP contribution >= 0.6 is 0 Å². The highest BCUT2D eigenvalue weighted by Crippen LogP contribution is 2.70. The molecule has 0 heterocycles. The smallest absolute Gasteiger partial charge is 0.330 e. The van der Waals surface area contributed by atoms with E-state index in [-0.39, 0.29) is 24.5 Å². The van der Waals surface area contributed by atoms with Crippen LogP contribution in [0.2, 0.25) is 0 Å². The van der Waals surface area contributed by atoms with Gasteiger partial charge in [0, 0.05) is 6.08 Å². The van der Waals surface area contributed by atoms with Crippen molar-refractivity contribution >= 4 is 17.9 Å². The molecule has 2 fully saturated rings. The van der Waals surface area contributed by atoms with Crippen molar-refractivity contribution in [2.45, 2.75) is 33.1 Å². The Hall–Kier alpha value is -1.85. The molecular weight excluding hydrogens is 288 g/mol. The Morgan fingerprint density at radius 1 is 1.09 bits per heavy atom. The average Bonchev–Trinajstić information content (AvgIpc) is 3.06. The van der Waals surface area contributed by atoms with E-state index in [0.29, 0.717) is 12.8 Å². The molecule has 2 unspecified atom stereocenters. The molecule has 22 heavy (non-hydrogen) atoms. The summed E-state index contributed by atoms with van der Waals surface area (Å²) >= 11 is 0. The number of hydrogen-bond acceptors (Lipinski definition) is 6. The van der Waals surface area contributed by atoms with Gasteiger partial charge in [-0.1, -0.05) is 6.08 Å². The van der Waals surface area contributed by atoms with E-state index in [0.717, 1.165) is 6.42 Å². The maximum Gasteiger partial charge on any atom is 0.330 e. The van der Waals surface area contributed by atoms with Crippen molar-refractivity contribution in [2.75, 3.05) is 20.3 Å². The van der Waals surface area contributed by atoms with Gasteiger partial charge in [0.25, 0.3) is 0 Å². The Kier molecular flexibility index (Phi) is 4.58. The molecule has 0 aromatic carbocycles. The van der Waals surface area contributed by atoms with Gasteiger partial charge >= 0.3 is 17.9 Å². The number of allylic oxidation sites excluding steroid dienone is 1. The Bertz CT molecular complexity index is 491. The first-order valence-corrected chi connectivity index (χ1v) is 7.55. The minimum absolute atomic E-state index is 0.196. The van der Waals surface area contributed by atoms with Gasteiger partial charge in [-0.05, 0) is 44.4 Å². The second kappa shape index (κ2) is 6.10. The maximum atomic E-state index is 12.3. The van der Waals surface area contributed by atoms with E-state index in [4.69, 9.17) is 9.47 Å². The first-order chi connectivity index (χ1) is 10.4. The Morgan fingerprint density at radius 2 is 1.68 bits per heavy atom. The molecule has 2 rings (SSSR count). The largest absolute Gasteiger partial charge is 0.466 e. The lowest BCUT2D eigenvalue weighted by Crippen LogP contribution is -2.41. The number of carbonyl (C=O) groups is 3. The third kappa shape index (κ3) is 2.74. The van der Waals surface area contributed by atoms with Gasteiger partial charge in [0.1, 0.15) is 0 Å². The fourth-order valence-electron chi connectivity index (χ4n) is 3.44. The van der Waals surface area contributed by atoms with Crippen molar-refractivity contribution in [2.24, 2.45) is 16.7 Å². The molecule has 0 bridgehead atoms. The van der Waals surface area contributed by atoms with Crippen LogP contribution in [0, 0.1) is 16.7 Å². The molecule has 0 radical (unpaired) electrons. The van der Waals surface area contributed by atoms with Crippen LogP contribution in [0.4, 0.5) is 0 Å². The summed E-state index contributed by atoms with van der Waals surface area (Å²) in [6.07, 6.45) is 4.74. The molecule has 0 N–H and O–H groups in total. The summed E-state index contributed by atoms with van der Waals surface area (Å²) in [7, 11) is 1.31. The second-order valence-corrected chi connectivity index (χ2v) is 5.89. The minimum atomic E-state index is -1.24. The zero-order chi connectivity index (χ0) is 16.4. The third-order valence-corrected chi connectivity index (χ3v) is 4.59. The van der Waals surface area contributed by atoms with Crippen molar-refractivity contribution in [3.05, 3.63) is 12.2 Å². The summed E-state index contributed by atoms with van der Waals surface area (Å²) in [6.45, 7) is 3.85. The second-order valence-electron chi connectivity index (χ2n) is 5.89. The van der Waals surface area contributed by atoms with Crippen LogP contribution in [0.3, 0.4) is 0 Å². The van der Waals surface area contributed by atoms with E-state index in [2.05, 4.69) is 4.74 Å². The summed E-state index contributed by atoms with van der Waals surface area (Å²) in [4.78, 5) is 36.0. The molecule has 6 heteroatoms. The summed E-state index contributed by atoms with van der Waals surface area (Å²) in [5, 5.41) is 0. The molecule has 0 amide bonds. The normalized spacial score (nSPS) is 28.0. The van der Waals surface area contributed by atoms with Crippen molar-refractivity contribution in [3.8, 4) is 0 Å². The third-order valence-electron chi connectivity index (χ3n) is 4.59. The van der Waals surface area contributed by atoms with Gasteiger partial charge in [-0.15, -0.1) is 0 Å². The van der Waals surface area contributed by atoms with E-state index in [9.17, 15) is 14.4 Å². The summed E-state index contributed by atoms with van der Waals surface area (Å²) in [5.41, 5.74) is -1.54. The number of esters is 3. The van der Waals surface area contributed by atoms with Gasteiger partial charge in [0.2, 0.25) is 0 Å². The Morgan fingerprint density at radius 3 is 2.18 bits per heavy atom. The number of rotatable bonds is 6. The molecule has 0 spiro atoms. The molecule has 2 aliphatic rings. The number of fused-ring (bicyclic) bond motifs is 1. The molecule has 0 aliphatic heterocycles. The fraction of sp³-hybridized carbons (Fsp3) is 0.688. The fourth-order valence-corrected chi connectivity index (χ4v) is 3.44. The quantitative estimate of drug-likeness (QED) is 0.321. The predicted molar refractivity (Wildman–Crippen MR) is 76.6 cm³/mol. The number of ether oxygens (including phenoxy) is 3. The van der Waals surface area contributed by atoms with Gasteiger partial charge < -0.3 is 14.2 Å². The van der Waals surface area contributed by atoms with E-state index in [1.54, 1.807) is 19.9 Å². The summed E-state index contributed by atoms with van der Waals surface area (Å²) in [6, 6.07) is 0. The molecule has 122 valence electrons. The minimum Gasteiger partial charge on any atom is -0.466 e. The monoisotopic (exact) mass is 310 g/mol. The molecule has 0 aromatic rings. The van der Waals surface area contributed by atoms with Crippen LogP contribution in [0.25, 0.3) is 0 Å². The lowest BCUT2D eigenvalue weighted by Gasteiger charge is -2.27. The van der Waals surface area contributed by atoms with Crippen molar-refractivity contribution in [3.63, 3.8) is 0 Å². The van der Waals surface area contributed by atoms with Crippen LogP contribution < -0.4 is 0 Å². The van der Waals surface area contributed by atoms with Crippen LogP contribution in [0.1, 0.15) is 33.1 Å². The van der Waals surface area contributed by atoms with Crippen molar-refractivity contribution < 1.29 is 28.6 Å². The summed E-state index contributed by atoms with van der Waals surface area (Å²) < 4.78 is 14.8. The van der Waals surface area contributed by atoms with E-state index in [1.807, 2.05) is 0 Å². The van der Waals surface area contributed by atoms with Crippen LogP contribution in [0.5, 0.6) is 0 Å². The van der Waals surface area contributed by atoms with Gasteiger partial charge in [-0.3, -0.25) is 9.59 Å². The highest BCUT2D eigenvalue weighted by molar-refractivity contribution is 6.01. The molecule has 2 atom stereocenters. The maximum absolute atomic E-state index is 12.3. The molecule has 0 saturated heterocycles.